The third kappa shape index (κ3) is 4.82. The molecule has 5 rings (SSSR count). The van der Waals surface area contributed by atoms with E-state index in [1.165, 1.54) is 6.33 Å². The number of fused-ring (bicyclic) bond motifs is 2. The molecule has 0 aliphatic carbocycles. The molecule has 0 amide bonds. The predicted molar refractivity (Wildman–Crippen MR) is 135 cm³/mol. The molecule has 3 aromatic heterocycles. The van der Waals surface area contributed by atoms with Crippen LogP contribution in [-0.4, -0.2) is 49.2 Å². The van der Waals surface area contributed by atoms with Gasteiger partial charge in [-0.25, -0.2) is 24.9 Å². The minimum atomic E-state index is 0.0621. The third-order valence-corrected chi connectivity index (χ3v) is 5.53. The van der Waals surface area contributed by atoms with E-state index in [1.54, 1.807) is 19.6 Å². The number of hydrogen-bond donors (Lipinski definition) is 2. The van der Waals surface area contributed by atoms with Crippen molar-refractivity contribution < 1.29 is 9.47 Å². The number of nitrogens with zero attached hydrogens (tertiary/aromatic N) is 6. The van der Waals surface area contributed by atoms with E-state index in [2.05, 4.69) is 35.6 Å². The molecule has 0 saturated carbocycles. The zero-order valence-corrected chi connectivity index (χ0v) is 20.0. The van der Waals surface area contributed by atoms with E-state index >= 15 is 0 Å². The molecule has 0 bridgehead atoms. The van der Waals surface area contributed by atoms with Crippen molar-refractivity contribution in [1.29, 1.82) is 0 Å². The SMILES string of the molecule is COCC(C)Nc1ncc2ncnc(Nc3ccc(Oc4ccc5c(c4)ncn5C)c(C)c3)c2n1. The first kappa shape index (κ1) is 22.5. The second kappa shape index (κ2) is 9.51. The second-order valence-electron chi connectivity index (χ2n) is 8.36. The van der Waals surface area contributed by atoms with E-state index in [4.69, 9.17) is 9.47 Å². The molecule has 1 unspecified atom stereocenters. The van der Waals surface area contributed by atoms with Crippen LogP contribution in [0.4, 0.5) is 17.5 Å². The summed E-state index contributed by atoms with van der Waals surface area (Å²) in [4.78, 5) is 22.1. The Bertz CT molecular complexity index is 1500. The summed E-state index contributed by atoms with van der Waals surface area (Å²) in [5.74, 6) is 2.58. The Morgan fingerprint density at radius 1 is 1.03 bits per heavy atom. The van der Waals surface area contributed by atoms with Crippen molar-refractivity contribution in [2.75, 3.05) is 24.4 Å². The van der Waals surface area contributed by atoms with Gasteiger partial charge in [-0.3, -0.25) is 0 Å². The number of rotatable bonds is 8. The Hall–Kier alpha value is -4.31. The molecular weight excluding hydrogens is 444 g/mol. The Balaban J connectivity index is 1.37. The van der Waals surface area contributed by atoms with E-state index < -0.39 is 0 Å². The molecule has 0 fully saturated rings. The fourth-order valence-electron chi connectivity index (χ4n) is 3.81. The standard InChI is InChI=1S/C25H26N8O2/c1-15-9-17(5-8-22(15)35-18-6-7-21-19(10-18)29-14-33(21)3)31-24-23-20(27-13-28-24)11-26-25(32-23)30-16(2)12-34-4/h5-11,13-14,16H,12H2,1-4H3,(H,26,30,32)(H,27,28,31). The van der Waals surface area contributed by atoms with Crippen molar-refractivity contribution in [1.82, 2.24) is 29.5 Å². The van der Waals surface area contributed by atoms with E-state index in [0.29, 0.717) is 29.4 Å². The Kier molecular flexibility index (Phi) is 6.11. The van der Waals surface area contributed by atoms with Gasteiger partial charge in [-0.05, 0) is 49.7 Å². The quantitative estimate of drug-likeness (QED) is 0.336. The number of hydrogen-bond acceptors (Lipinski definition) is 9. The predicted octanol–water partition coefficient (Wildman–Crippen LogP) is 4.60. The van der Waals surface area contributed by atoms with E-state index in [9.17, 15) is 0 Å². The summed E-state index contributed by atoms with van der Waals surface area (Å²) < 4.78 is 13.3. The van der Waals surface area contributed by atoms with Gasteiger partial charge in [0.15, 0.2) is 5.82 Å². The molecule has 178 valence electrons. The molecule has 2 N–H and O–H groups in total. The number of aryl methyl sites for hydroxylation is 2. The van der Waals surface area contributed by atoms with Crippen LogP contribution in [0.25, 0.3) is 22.1 Å². The zero-order valence-electron chi connectivity index (χ0n) is 20.0. The van der Waals surface area contributed by atoms with Crippen LogP contribution in [-0.2, 0) is 11.8 Å². The van der Waals surface area contributed by atoms with Gasteiger partial charge in [0.05, 0.1) is 30.2 Å². The van der Waals surface area contributed by atoms with Crippen molar-refractivity contribution in [3.8, 4) is 11.5 Å². The fourth-order valence-corrected chi connectivity index (χ4v) is 3.81. The summed E-state index contributed by atoms with van der Waals surface area (Å²) in [7, 11) is 3.63. The number of nitrogens with one attached hydrogen (secondary N) is 2. The number of methoxy groups -OCH3 is 1. The van der Waals surface area contributed by atoms with Crippen molar-refractivity contribution in [2.24, 2.45) is 7.05 Å². The molecule has 10 heteroatoms. The van der Waals surface area contributed by atoms with Crippen LogP contribution in [0.1, 0.15) is 12.5 Å². The van der Waals surface area contributed by atoms with E-state index in [1.807, 2.05) is 61.9 Å². The number of anilines is 3. The number of imidazole rings is 1. The molecule has 0 aliphatic heterocycles. The fraction of sp³-hybridized carbons (Fsp3) is 0.240. The minimum absolute atomic E-state index is 0.0621. The van der Waals surface area contributed by atoms with Crippen LogP contribution in [0, 0.1) is 6.92 Å². The lowest BCUT2D eigenvalue weighted by atomic mass is 10.2. The molecule has 0 spiro atoms. The summed E-state index contributed by atoms with van der Waals surface area (Å²) in [6.45, 7) is 4.54. The highest BCUT2D eigenvalue weighted by molar-refractivity contribution is 5.87. The first-order valence-electron chi connectivity index (χ1n) is 11.2. The van der Waals surface area contributed by atoms with Crippen molar-refractivity contribution in [2.45, 2.75) is 19.9 Å². The molecule has 3 heterocycles. The van der Waals surface area contributed by atoms with Gasteiger partial charge in [-0.1, -0.05) is 0 Å². The smallest absolute Gasteiger partial charge is 0.223 e. The second-order valence-corrected chi connectivity index (χ2v) is 8.36. The van der Waals surface area contributed by atoms with Crippen LogP contribution >= 0.6 is 0 Å². The largest absolute Gasteiger partial charge is 0.457 e. The lowest BCUT2D eigenvalue weighted by Gasteiger charge is -2.14. The van der Waals surface area contributed by atoms with Gasteiger partial charge in [0.1, 0.15) is 28.9 Å². The molecule has 5 aromatic rings. The molecular formula is C25H26N8O2. The van der Waals surface area contributed by atoms with Gasteiger partial charge in [-0.2, -0.15) is 0 Å². The van der Waals surface area contributed by atoms with Gasteiger partial charge < -0.3 is 24.7 Å². The summed E-state index contributed by atoms with van der Waals surface area (Å²) in [6, 6.07) is 11.8. The lowest BCUT2D eigenvalue weighted by Crippen LogP contribution is -2.22. The van der Waals surface area contributed by atoms with Crippen LogP contribution in [0.15, 0.2) is 55.2 Å². The molecule has 0 radical (unpaired) electrons. The van der Waals surface area contributed by atoms with Crippen molar-refractivity contribution >= 4 is 39.5 Å². The summed E-state index contributed by atoms with van der Waals surface area (Å²) in [6.07, 6.45) is 4.96. The van der Waals surface area contributed by atoms with Crippen LogP contribution in [0.2, 0.25) is 0 Å². The monoisotopic (exact) mass is 470 g/mol. The number of ether oxygens (including phenoxy) is 2. The summed E-state index contributed by atoms with van der Waals surface area (Å²) in [5.41, 5.74) is 5.05. The zero-order chi connectivity index (χ0) is 24.4. The van der Waals surface area contributed by atoms with Gasteiger partial charge in [0, 0.05) is 32.0 Å². The van der Waals surface area contributed by atoms with Gasteiger partial charge >= 0.3 is 0 Å². The molecule has 0 aliphatic rings. The van der Waals surface area contributed by atoms with Gasteiger partial charge in [-0.15, -0.1) is 0 Å². The Morgan fingerprint density at radius 2 is 1.91 bits per heavy atom. The highest BCUT2D eigenvalue weighted by Gasteiger charge is 2.11. The maximum Gasteiger partial charge on any atom is 0.223 e. The number of aromatic nitrogens is 6. The Labute approximate surface area is 202 Å². The first-order chi connectivity index (χ1) is 17.0. The molecule has 1 atom stereocenters. The molecule has 0 saturated heterocycles. The van der Waals surface area contributed by atoms with Crippen molar-refractivity contribution in [3.63, 3.8) is 0 Å². The molecule has 10 nitrogen and oxygen atoms in total. The summed E-state index contributed by atoms with van der Waals surface area (Å²) >= 11 is 0. The highest BCUT2D eigenvalue weighted by atomic mass is 16.5. The maximum absolute atomic E-state index is 6.13. The van der Waals surface area contributed by atoms with Crippen molar-refractivity contribution in [3.05, 3.63) is 60.8 Å². The lowest BCUT2D eigenvalue weighted by molar-refractivity contribution is 0.190. The van der Waals surface area contributed by atoms with Crippen LogP contribution in [0.5, 0.6) is 11.5 Å². The van der Waals surface area contributed by atoms with E-state index in [0.717, 1.165) is 33.8 Å². The van der Waals surface area contributed by atoms with Crippen LogP contribution < -0.4 is 15.4 Å². The molecule has 35 heavy (non-hydrogen) atoms. The first-order valence-corrected chi connectivity index (χ1v) is 11.2. The van der Waals surface area contributed by atoms with E-state index in [-0.39, 0.29) is 6.04 Å². The van der Waals surface area contributed by atoms with Crippen LogP contribution in [0.3, 0.4) is 0 Å². The maximum atomic E-state index is 6.13. The topological polar surface area (TPSA) is 112 Å². The third-order valence-electron chi connectivity index (χ3n) is 5.53. The minimum Gasteiger partial charge on any atom is -0.457 e. The average molecular weight is 471 g/mol. The highest BCUT2D eigenvalue weighted by Crippen LogP contribution is 2.30. The van der Waals surface area contributed by atoms with Gasteiger partial charge in [0.25, 0.3) is 0 Å². The average Bonchev–Trinajstić information content (AvgIpc) is 3.21. The van der Waals surface area contributed by atoms with Gasteiger partial charge in [0.2, 0.25) is 5.95 Å². The number of benzene rings is 2. The Morgan fingerprint density at radius 3 is 2.74 bits per heavy atom. The molecule has 2 aromatic carbocycles. The summed E-state index contributed by atoms with van der Waals surface area (Å²) in [5, 5.41) is 6.57. The normalized spacial score (nSPS) is 12.1.